The molecule has 27 heavy (non-hydrogen) atoms. The molecular weight excluding hydrogens is 527 g/mol. The third kappa shape index (κ3) is 28.7. The van der Waals surface area contributed by atoms with Crippen LogP contribution in [0.25, 0.3) is 0 Å². The second-order valence-electron chi connectivity index (χ2n) is 7.88. The summed E-state index contributed by atoms with van der Waals surface area (Å²) in [6.07, 6.45) is 19.9. The van der Waals surface area contributed by atoms with E-state index in [4.69, 9.17) is 0 Å². The number of carbonyl (C=O) groups excluding carboxylic acids is 1. The molecule has 0 aromatic carbocycles. The van der Waals surface area contributed by atoms with Crippen LogP contribution in [0.3, 0.4) is 0 Å². The fourth-order valence-electron chi connectivity index (χ4n) is 3.39. The number of carboxylic acid groups (broad SMARTS) is 1. The molecule has 0 saturated carbocycles. The van der Waals surface area contributed by atoms with Crippen LogP contribution in [0.1, 0.15) is 130 Å². The van der Waals surface area contributed by atoms with Crippen molar-refractivity contribution in [2.45, 2.75) is 142 Å². The van der Waals surface area contributed by atoms with E-state index in [1.807, 2.05) is 0 Å². The van der Waals surface area contributed by atoms with Crippen LogP contribution in [-0.4, -0.2) is 28.7 Å². The first kappa shape index (κ1) is 29.6. The first-order chi connectivity index (χ1) is 13.1. The van der Waals surface area contributed by atoms with Gasteiger partial charge >= 0.3 is 55.4 Å². The Morgan fingerprint density at radius 3 is 1.07 bits per heavy atom. The third-order valence-corrected chi connectivity index (χ3v) is 17.1. The van der Waals surface area contributed by atoms with Crippen molar-refractivity contribution in [1.82, 2.24) is 0 Å². The van der Waals surface area contributed by atoms with E-state index in [1.165, 1.54) is 83.5 Å². The average molecular weight is 578 g/mol. The number of carbonyl (C=O) groups is 1. The van der Waals surface area contributed by atoms with E-state index in [-0.39, 0.29) is 6.42 Å². The van der Waals surface area contributed by atoms with Crippen molar-refractivity contribution in [2.24, 2.45) is 0 Å². The summed E-state index contributed by atoms with van der Waals surface area (Å²) < 4.78 is 4.70. The van der Waals surface area contributed by atoms with Crippen LogP contribution in [-0.2, 0) is 4.79 Å². The van der Waals surface area contributed by atoms with E-state index in [0.717, 1.165) is 12.8 Å². The van der Waals surface area contributed by atoms with Crippen LogP contribution < -0.4 is 5.11 Å². The summed E-state index contributed by atoms with van der Waals surface area (Å²) >= 11 is -0.789. The van der Waals surface area contributed by atoms with Gasteiger partial charge in [-0.15, -0.1) is 0 Å². The standard InChI is InChI=1S/C18H36O2.3C2H5.Pb/c1-2-3-4-5-6-7-8-9-10-11-12-13-14-15-16-17-18(19)20;3*1-2;/h2-17H2,1H3,(H,19,20);3*1H2,2H3;/q;;;;+1/p-1. The molecule has 0 spiro atoms. The molecule has 0 rings (SSSR count). The van der Waals surface area contributed by atoms with Crippen molar-refractivity contribution >= 4 is 28.7 Å². The molecule has 0 N–H and O–H groups in total. The van der Waals surface area contributed by atoms with Crippen molar-refractivity contribution in [1.29, 1.82) is 0 Å². The van der Waals surface area contributed by atoms with Gasteiger partial charge in [0.15, 0.2) is 0 Å². The van der Waals surface area contributed by atoms with E-state index in [0.29, 0.717) is 0 Å². The van der Waals surface area contributed by atoms with Crippen molar-refractivity contribution < 1.29 is 9.90 Å². The zero-order valence-electron chi connectivity index (χ0n) is 19.3. The Kier molecular flexibility index (Phi) is 28.9. The minimum absolute atomic E-state index is 0.234. The molecule has 162 valence electrons. The van der Waals surface area contributed by atoms with Gasteiger partial charge in [0, 0.05) is 5.97 Å². The molecule has 0 saturated heterocycles. The van der Waals surface area contributed by atoms with Crippen molar-refractivity contribution in [3.63, 3.8) is 0 Å². The van der Waals surface area contributed by atoms with Gasteiger partial charge in [0.2, 0.25) is 0 Å². The summed E-state index contributed by atoms with van der Waals surface area (Å²) in [6.45, 7) is 9.34. The molecule has 0 aromatic heterocycles. The number of unbranched alkanes of at least 4 members (excludes halogenated alkanes) is 14. The van der Waals surface area contributed by atoms with Crippen LogP contribution in [0.2, 0.25) is 11.9 Å². The molecule has 0 radical (unpaired) electrons. The van der Waals surface area contributed by atoms with Crippen molar-refractivity contribution in [3.05, 3.63) is 0 Å². The van der Waals surface area contributed by atoms with Gasteiger partial charge in [0.1, 0.15) is 0 Å². The molecule has 2 nitrogen and oxygen atoms in total. The quantitative estimate of drug-likeness (QED) is 0.118. The normalized spacial score (nSPS) is 10.4. The van der Waals surface area contributed by atoms with E-state index in [9.17, 15) is 9.90 Å². The van der Waals surface area contributed by atoms with Gasteiger partial charge in [-0.1, -0.05) is 96.8 Å². The fraction of sp³-hybridized carbons (Fsp3) is 0.958. The number of carboxylic acids is 1. The second-order valence-corrected chi connectivity index (χ2v) is 22.0. The monoisotopic (exact) mass is 578 g/mol. The number of aliphatic carboxylic acids is 1. The molecule has 0 heterocycles. The van der Waals surface area contributed by atoms with Gasteiger partial charge in [0.05, 0.1) is 0 Å². The Balaban J connectivity index is 0. The molecule has 0 aliphatic heterocycles. The molecule has 0 fully saturated rings. The molecule has 0 aromatic rings. The van der Waals surface area contributed by atoms with Crippen LogP contribution in [0, 0.1) is 0 Å². The zero-order chi connectivity index (χ0) is 20.6. The summed E-state index contributed by atoms with van der Waals surface area (Å²) in [7, 11) is 0. The topological polar surface area (TPSA) is 40.1 Å². The predicted molar refractivity (Wildman–Crippen MR) is 122 cm³/mol. The Hall–Kier alpha value is 0.392. The number of hydrogen-bond donors (Lipinski definition) is 0. The van der Waals surface area contributed by atoms with Crippen LogP contribution in [0.5, 0.6) is 0 Å². The van der Waals surface area contributed by atoms with E-state index < -0.39 is 28.7 Å². The van der Waals surface area contributed by atoms with E-state index in [2.05, 4.69) is 27.7 Å². The first-order valence-corrected chi connectivity index (χ1v) is 20.4. The van der Waals surface area contributed by atoms with Gasteiger partial charge in [-0.3, -0.25) is 0 Å². The summed E-state index contributed by atoms with van der Waals surface area (Å²) in [5.74, 6) is -0.903. The Morgan fingerprint density at radius 1 is 0.556 bits per heavy atom. The van der Waals surface area contributed by atoms with Gasteiger partial charge in [-0.05, 0) is 12.8 Å². The first-order valence-electron chi connectivity index (χ1n) is 12.2. The number of hydrogen-bond acceptors (Lipinski definition) is 2. The Morgan fingerprint density at radius 2 is 0.852 bits per heavy atom. The molecule has 3 heteroatoms. The maximum absolute atomic E-state index is 10.2. The average Bonchev–Trinajstić information content (AvgIpc) is 2.66. The van der Waals surface area contributed by atoms with E-state index >= 15 is 0 Å². The van der Waals surface area contributed by atoms with Crippen molar-refractivity contribution in [2.75, 3.05) is 0 Å². The number of rotatable bonds is 19. The van der Waals surface area contributed by atoms with Crippen LogP contribution >= 0.6 is 0 Å². The zero-order valence-corrected chi connectivity index (χ0v) is 23.1. The molecule has 0 bridgehead atoms. The van der Waals surface area contributed by atoms with Gasteiger partial charge < -0.3 is 9.90 Å². The SMILES string of the molecule is CCCCCCCCCCCCCCCCCC(=O)[O-].C[CH2][Pb+]([CH2]C)[CH2]C. The Labute approximate surface area is 180 Å². The third-order valence-electron chi connectivity index (χ3n) is 5.48. The Bertz CT molecular complexity index is 272. The van der Waals surface area contributed by atoms with E-state index in [1.54, 1.807) is 11.9 Å². The molecule has 0 aliphatic rings. The van der Waals surface area contributed by atoms with Crippen molar-refractivity contribution in [3.8, 4) is 0 Å². The summed E-state index contributed by atoms with van der Waals surface area (Å²) in [5.41, 5.74) is 0. The van der Waals surface area contributed by atoms with Crippen LogP contribution in [0.4, 0.5) is 0 Å². The summed E-state index contributed by atoms with van der Waals surface area (Å²) in [6, 6.07) is 0. The fourth-order valence-corrected chi connectivity index (χ4v) is 9.22. The molecule has 0 aliphatic carbocycles. The molecule has 0 atom stereocenters. The minimum atomic E-state index is -0.903. The molecular formula is C24H50O2Pb. The second kappa shape index (κ2) is 26.4. The van der Waals surface area contributed by atoms with Gasteiger partial charge in [-0.25, -0.2) is 0 Å². The van der Waals surface area contributed by atoms with Gasteiger partial charge in [-0.2, -0.15) is 0 Å². The summed E-state index contributed by atoms with van der Waals surface area (Å²) in [4.78, 5) is 10.2. The molecule has 0 amide bonds. The van der Waals surface area contributed by atoms with Gasteiger partial charge in [0.25, 0.3) is 0 Å². The molecule has 0 unspecified atom stereocenters. The summed E-state index contributed by atoms with van der Waals surface area (Å²) in [5, 5.41) is 10.2. The maximum atomic E-state index is 10.2. The predicted octanol–water partition coefficient (Wildman–Crippen LogP) is 7.54. The van der Waals surface area contributed by atoms with Crippen LogP contribution in [0.15, 0.2) is 0 Å².